The zero-order valence-electron chi connectivity index (χ0n) is 21.7. The lowest BCUT2D eigenvalue weighted by Crippen LogP contribution is -2.53. The molecule has 2 amide bonds. The molecule has 2 atom stereocenters. The molecule has 0 bridgehead atoms. The minimum absolute atomic E-state index is 0.0310. The summed E-state index contributed by atoms with van der Waals surface area (Å²) in [6.07, 6.45) is 3.09. The summed E-state index contributed by atoms with van der Waals surface area (Å²) < 4.78 is 26.5. The van der Waals surface area contributed by atoms with Gasteiger partial charge in [-0.2, -0.15) is 0 Å². The fourth-order valence-corrected chi connectivity index (χ4v) is 4.69. The maximum absolute atomic E-state index is 13.7. The number of benzene rings is 2. The van der Waals surface area contributed by atoms with Gasteiger partial charge in [0.05, 0.1) is 11.9 Å². The van der Waals surface area contributed by atoms with Crippen LogP contribution in [0, 0.1) is 6.92 Å². The quantitative estimate of drug-likeness (QED) is 0.475. The monoisotopic (exact) mass is 501 g/mol. The molecule has 0 aliphatic rings. The SMILES string of the molecule is CCc1ccc(N(CC(=O)N(Cc2ccccc2C)[C@H](CC)C(=O)N[C@@H](C)CC)S(C)(=O)=O)cc1. The molecule has 0 aromatic heterocycles. The molecule has 0 unspecified atom stereocenters. The molecule has 2 rings (SSSR count). The summed E-state index contributed by atoms with van der Waals surface area (Å²) in [6, 6.07) is 14.1. The van der Waals surface area contributed by atoms with Crippen LogP contribution in [0.1, 0.15) is 57.2 Å². The highest BCUT2D eigenvalue weighted by Crippen LogP contribution is 2.21. The zero-order chi connectivity index (χ0) is 26.2. The van der Waals surface area contributed by atoms with E-state index in [1.54, 1.807) is 12.1 Å². The molecule has 0 saturated heterocycles. The van der Waals surface area contributed by atoms with Gasteiger partial charge in [-0.05, 0) is 61.9 Å². The predicted molar refractivity (Wildman–Crippen MR) is 142 cm³/mol. The van der Waals surface area contributed by atoms with Crippen molar-refractivity contribution >= 4 is 27.5 Å². The Morgan fingerprint density at radius 2 is 1.60 bits per heavy atom. The third kappa shape index (κ3) is 7.82. The van der Waals surface area contributed by atoms with Gasteiger partial charge in [0.15, 0.2) is 0 Å². The second-order valence-corrected chi connectivity index (χ2v) is 10.9. The molecule has 0 fully saturated rings. The summed E-state index contributed by atoms with van der Waals surface area (Å²) >= 11 is 0. The summed E-state index contributed by atoms with van der Waals surface area (Å²) in [5.74, 6) is -0.661. The Morgan fingerprint density at radius 3 is 2.11 bits per heavy atom. The van der Waals surface area contributed by atoms with Crippen molar-refractivity contribution in [1.82, 2.24) is 10.2 Å². The molecule has 7 nitrogen and oxygen atoms in total. The van der Waals surface area contributed by atoms with Gasteiger partial charge in [0.25, 0.3) is 0 Å². The highest BCUT2D eigenvalue weighted by molar-refractivity contribution is 7.92. The second kappa shape index (κ2) is 12.7. The molecule has 1 N–H and O–H groups in total. The van der Waals surface area contributed by atoms with Gasteiger partial charge in [0.2, 0.25) is 21.8 Å². The van der Waals surface area contributed by atoms with Crippen LogP contribution in [0.4, 0.5) is 5.69 Å². The van der Waals surface area contributed by atoms with Gasteiger partial charge in [-0.1, -0.05) is 57.2 Å². The minimum Gasteiger partial charge on any atom is -0.352 e. The van der Waals surface area contributed by atoms with Crippen LogP contribution in [-0.2, 0) is 32.6 Å². The Morgan fingerprint density at radius 1 is 0.971 bits per heavy atom. The maximum atomic E-state index is 13.7. The summed E-state index contributed by atoms with van der Waals surface area (Å²) in [7, 11) is -3.74. The van der Waals surface area contributed by atoms with Crippen molar-refractivity contribution in [3.63, 3.8) is 0 Å². The Kier molecular flexibility index (Phi) is 10.3. The van der Waals surface area contributed by atoms with Crippen LogP contribution >= 0.6 is 0 Å². The van der Waals surface area contributed by atoms with Crippen molar-refractivity contribution in [1.29, 1.82) is 0 Å². The van der Waals surface area contributed by atoms with Crippen molar-refractivity contribution < 1.29 is 18.0 Å². The van der Waals surface area contributed by atoms with E-state index in [9.17, 15) is 18.0 Å². The smallest absolute Gasteiger partial charge is 0.244 e. The van der Waals surface area contributed by atoms with Crippen molar-refractivity contribution in [2.24, 2.45) is 0 Å². The summed E-state index contributed by atoms with van der Waals surface area (Å²) in [4.78, 5) is 28.4. The Balaban J connectivity index is 2.44. The molecule has 0 spiro atoms. The predicted octanol–water partition coefficient (Wildman–Crippen LogP) is 4.05. The lowest BCUT2D eigenvalue weighted by atomic mass is 10.1. The molecule has 0 saturated carbocycles. The number of nitrogens with one attached hydrogen (secondary N) is 1. The first kappa shape index (κ1) is 28.4. The van der Waals surface area contributed by atoms with E-state index in [0.29, 0.717) is 12.1 Å². The molecule has 0 radical (unpaired) electrons. The number of aryl methyl sites for hydroxylation is 2. The zero-order valence-corrected chi connectivity index (χ0v) is 22.6. The van der Waals surface area contributed by atoms with Crippen molar-refractivity contribution in [3.8, 4) is 0 Å². The Hall–Kier alpha value is -2.87. The maximum Gasteiger partial charge on any atom is 0.244 e. The number of nitrogens with zero attached hydrogens (tertiary/aromatic N) is 2. The fourth-order valence-electron chi connectivity index (χ4n) is 3.84. The number of hydrogen-bond acceptors (Lipinski definition) is 4. The molecule has 192 valence electrons. The number of hydrogen-bond donors (Lipinski definition) is 1. The third-order valence-electron chi connectivity index (χ3n) is 6.30. The first-order valence-electron chi connectivity index (χ1n) is 12.2. The number of anilines is 1. The van der Waals surface area contributed by atoms with E-state index in [2.05, 4.69) is 5.32 Å². The molecule has 2 aromatic rings. The van der Waals surface area contributed by atoms with E-state index >= 15 is 0 Å². The van der Waals surface area contributed by atoms with Crippen LogP contribution in [0.3, 0.4) is 0 Å². The highest BCUT2D eigenvalue weighted by atomic mass is 32.2. The van der Waals surface area contributed by atoms with Crippen LogP contribution in [0.15, 0.2) is 48.5 Å². The van der Waals surface area contributed by atoms with E-state index in [-0.39, 0.29) is 25.0 Å². The van der Waals surface area contributed by atoms with Gasteiger partial charge in [-0.3, -0.25) is 13.9 Å². The van der Waals surface area contributed by atoms with Gasteiger partial charge in [-0.15, -0.1) is 0 Å². The standard InChI is InChI=1S/C27H39N3O4S/c1-7-21(5)28-27(32)25(9-3)29(18-23-13-11-10-12-20(23)4)26(31)19-30(35(6,33)34)24-16-14-22(8-2)15-17-24/h10-17,21,25H,7-9,18-19H2,1-6H3,(H,28,32)/t21-,25+/m0/s1. The van der Waals surface area contributed by atoms with Gasteiger partial charge < -0.3 is 10.2 Å². The number of rotatable bonds is 12. The van der Waals surface area contributed by atoms with Crippen molar-refractivity contribution in [2.45, 2.75) is 72.5 Å². The highest BCUT2D eigenvalue weighted by Gasteiger charge is 2.32. The number of amides is 2. The molecule has 8 heteroatoms. The molecule has 0 aliphatic heterocycles. The first-order chi connectivity index (χ1) is 16.5. The van der Waals surface area contributed by atoms with Gasteiger partial charge in [-0.25, -0.2) is 8.42 Å². The summed E-state index contributed by atoms with van der Waals surface area (Å²) in [6.45, 7) is 9.56. The summed E-state index contributed by atoms with van der Waals surface area (Å²) in [5.41, 5.74) is 3.40. The van der Waals surface area contributed by atoms with Gasteiger partial charge in [0.1, 0.15) is 12.6 Å². The van der Waals surface area contributed by atoms with Gasteiger partial charge in [0, 0.05) is 12.6 Å². The van der Waals surface area contributed by atoms with E-state index in [4.69, 9.17) is 0 Å². The average Bonchev–Trinajstić information content (AvgIpc) is 2.82. The van der Waals surface area contributed by atoms with Crippen molar-refractivity contribution in [3.05, 3.63) is 65.2 Å². The van der Waals surface area contributed by atoms with E-state index in [1.807, 2.05) is 71.0 Å². The van der Waals surface area contributed by atoms with E-state index < -0.39 is 22.0 Å². The van der Waals surface area contributed by atoms with Crippen LogP contribution in [0.25, 0.3) is 0 Å². The normalized spacial score (nSPS) is 13.1. The van der Waals surface area contributed by atoms with Crippen LogP contribution in [0.5, 0.6) is 0 Å². The topological polar surface area (TPSA) is 86.8 Å². The Bertz CT molecular complexity index is 1100. The van der Waals surface area contributed by atoms with Crippen LogP contribution < -0.4 is 9.62 Å². The average molecular weight is 502 g/mol. The molecular weight excluding hydrogens is 462 g/mol. The molecule has 0 heterocycles. The van der Waals surface area contributed by atoms with Crippen LogP contribution in [0.2, 0.25) is 0 Å². The number of sulfonamides is 1. The van der Waals surface area contributed by atoms with E-state index in [1.165, 1.54) is 4.90 Å². The van der Waals surface area contributed by atoms with Gasteiger partial charge >= 0.3 is 0 Å². The Labute approximate surface area is 210 Å². The van der Waals surface area contributed by atoms with Crippen LogP contribution in [-0.4, -0.2) is 50.0 Å². The minimum atomic E-state index is -3.74. The lowest BCUT2D eigenvalue weighted by Gasteiger charge is -2.33. The second-order valence-electron chi connectivity index (χ2n) is 8.98. The van der Waals surface area contributed by atoms with E-state index in [0.717, 1.165) is 40.1 Å². The first-order valence-corrected chi connectivity index (χ1v) is 14.1. The van der Waals surface area contributed by atoms with Crippen molar-refractivity contribution in [2.75, 3.05) is 17.1 Å². The third-order valence-corrected chi connectivity index (χ3v) is 7.44. The fraction of sp³-hybridized carbons (Fsp3) is 0.481. The molecule has 35 heavy (non-hydrogen) atoms. The number of carbonyl (C=O) groups is 2. The molecule has 0 aliphatic carbocycles. The lowest BCUT2D eigenvalue weighted by molar-refractivity contribution is -0.140. The number of carbonyl (C=O) groups excluding carboxylic acids is 2. The largest absolute Gasteiger partial charge is 0.352 e. The summed E-state index contributed by atoms with van der Waals surface area (Å²) in [5, 5.41) is 2.98. The molecular formula is C27H39N3O4S. The molecule has 2 aromatic carbocycles.